The Morgan fingerprint density at radius 3 is 2.71 bits per heavy atom. The first-order valence-electron chi connectivity index (χ1n) is 6.07. The number of fused-ring (bicyclic) bond motifs is 1. The average Bonchev–Trinajstić information content (AvgIpc) is 2.63. The van der Waals surface area contributed by atoms with E-state index >= 15 is 0 Å². The highest BCUT2D eigenvalue weighted by Crippen LogP contribution is 2.16. The van der Waals surface area contributed by atoms with E-state index < -0.39 is 0 Å². The minimum atomic E-state index is 0.525. The molecule has 0 aliphatic heterocycles. The number of nitrogens with zero attached hydrogens (tertiary/aromatic N) is 2. The van der Waals surface area contributed by atoms with Crippen LogP contribution in [0.15, 0.2) is 24.3 Å². The predicted molar refractivity (Wildman–Crippen MR) is 72.3 cm³/mol. The molecular formula is C13H20N4. The molecule has 0 radical (unpaired) electrons. The van der Waals surface area contributed by atoms with Crippen LogP contribution in [0.1, 0.15) is 13.8 Å². The van der Waals surface area contributed by atoms with Crippen LogP contribution in [-0.2, 0) is 7.05 Å². The smallest absolute Gasteiger partial charge is 0.203 e. The SMILES string of the molecule is CC(C)NCCNc1nc2ccccc2n1C. The zero-order valence-corrected chi connectivity index (χ0v) is 10.7. The highest BCUT2D eigenvalue weighted by Gasteiger charge is 2.05. The maximum atomic E-state index is 4.55. The average molecular weight is 232 g/mol. The van der Waals surface area contributed by atoms with Gasteiger partial charge in [0.15, 0.2) is 0 Å². The van der Waals surface area contributed by atoms with Crippen molar-refractivity contribution < 1.29 is 0 Å². The molecule has 1 heterocycles. The van der Waals surface area contributed by atoms with Gasteiger partial charge < -0.3 is 15.2 Å². The molecular weight excluding hydrogens is 212 g/mol. The van der Waals surface area contributed by atoms with Crippen molar-refractivity contribution in [2.45, 2.75) is 19.9 Å². The number of rotatable bonds is 5. The highest BCUT2D eigenvalue weighted by atomic mass is 15.2. The summed E-state index contributed by atoms with van der Waals surface area (Å²) in [5.74, 6) is 0.928. The van der Waals surface area contributed by atoms with Gasteiger partial charge in [-0.05, 0) is 12.1 Å². The normalized spacial score (nSPS) is 11.3. The van der Waals surface area contributed by atoms with E-state index in [0.29, 0.717) is 6.04 Å². The van der Waals surface area contributed by atoms with Crippen LogP contribution in [0, 0.1) is 0 Å². The number of anilines is 1. The maximum Gasteiger partial charge on any atom is 0.203 e. The van der Waals surface area contributed by atoms with Crippen molar-refractivity contribution in [2.24, 2.45) is 7.05 Å². The molecule has 1 aromatic heterocycles. The van der Waals surface area contributed by atoms with Gasteiger partial charge in [0.25, 0.3) is 0 Å². The van der Waals surface area contributed by atoms with Crippen molar-refractivity contribution >= 4 is 17.0 Å². The summed E-state index contributed by atoms with van der Waals surface area (Å²) in [6.07, 6.45) is 0. The number of aromatic nitrogens is 2. The molecule has 2 N–H and O–H groups in total. The summed E-state index contributed by atoms with van der Waals surface area (Å²) in [6.45, 7) is 6.13. The standard InChI is InChI=1S/C13H20N4/c1-10(2)14-8-9-15-13-16-11-6-4-5-7-12(11)17(13)3/h4-7,10,14H,8-9H2,1-3H3,(H,15,16). The first-order chi connectivity index (χ1) is 8.18. The van der Waals surface area contributed by atoms with E-state index in [1.807, 2.05) is 25.2 Å². The van der Waals surface area contributed by atoms with E-state index in [9.17, 15) is 0 Å². The molecule has 1 aromatic carbocycles. The number of hydrogen-bond donors (Lipinski definition) is 2. The van der Waals surface area contributed by atoms with Gasteiger partial charge in [-0.1, -0.05) is 26.0 Å². The zero-order chi connectivity index (χ0) is 12.3. The summed E-state index contributed by atoms with van der Waals surface area (Å²) in [4.78, 5) is 4.55. The van der Waals surface area contributed by atoms with Gasteiger partial charge in [0, 0.05) is 26.2 Å². The van der Waals surface area contributed by atoms with Crippen molar-refractivity contribution in [3.8, 4) is 0 Å². The van der Waals surface area contributed by atoms with Crippen LogP contribution < -0.4 is 10.6 Å². The second-order valence-corrected chi connectivity index (χ2v) is 4.52. The molecule has 0 amide bonds. The molecule has 0 saturated heterocycles. The zero-order valence-electron chi connectivity index (χ0n) is 10.7. The number of benzene rings is 1. The van der Waals surface area contributed by atoms with E-state index in [1.54, 1.807) is 0 Å². The fourth-order valence-electron chi connectivity index (χ4n) is 1.84. The molecule has 17 heavy (non-hydrogen) atoms. The molecule has 2 rings (SSSR count). The Morgan fingerprint density at radius 2 is 2.00 bits per heavy atom. The van der Waals surface area contributed by atoms with Crippen molar-refractivity contribution in [2.75, 3.05) is 18.4 Å². The number of nitrogens with one attached hydrogen (secondary N) is 2. The Morgan fingerprint density at radius 1 is 1.24 bits per heavy atom. The van der Waals surface area contributed by atoms with Gasteiger partial charge in [0.2, 0.25) is 5.95 Å². The lowest BCUT2D eigenvalue weighted by molar-refractivity contribution is 0.601. The van der Waals surface area contributed by atoms with E-state index in [1.165, 1.54) is 0 Å². The molecule has 0 bridgehead atoms. The van der Waals surface area contributed by atoms with Crippen molar-refractivity contribution in [1.82, 2.24) is 14.9 Å². The quantitative estimate of drug-likeness (QED) is 0.775. The van der Waals surface area contributed by atoms with E-state index in [-0.39, 0.29) is 0 Å². The van der Waals surface area contributed by atoms with Crippen molar-refractivity contribution in [3.63, 3.8) is 0 Å². The molecule has 2 aromatic rings. The van der Waals surface area contributed by atoms with Gasteiger partial charge in [-0.3, -0.25) is 0 Å². The monoisotopic (exact) mass is 232 g/mol. The Bertz CT molecular complexity index is 487. The fraction of sp³-hybridized carbons (Fsp3) is 0.462. The van der Waals surface area contributed by atoms with E-state index in [0.717, 1.165) is 30.1 Å². The van der Waals surface area contributed by atoms with Crippen LogP contribution in [-0.4, -0.2) is 28.7 Å². The summed E-state index contributed by atoms with van der Waals surface area (Å²) in [5.41, 5.74) is 2.20. The van der Waals surface area contributed by atoms with E-state index in [4.69, 9.17) is 0 Å². The summed E-state index contributed by atoms with van der Waals surface area (Å²) in [7, 11) is 2.04. The largest absolute Gasteiger partial charge is 0.354 e. The second-order valence-electron chi connectivity index (χ2n) is 4.52. The predicted octanol–water partition coefficient (Wildman–Crippen LogP) is 1.98. The Hall–Kier alpha value is -1.55. The Labute approximate surface area is 102 Å². The van der Waals surface area contributed by atoms with Gasteiger partial charge in [-0.25, -0.2) is 4.98 Å². The van der Waals surface area contributed by atoms with Crippen LogP contribution in [0.4, 0.5) is 5.95 Å². The van der Waals surface area contributed by atoms with Gasteiger partial charge in [-0.2, -0.15) is 0 Å². The third kappa shape index (κ3) is 2.77. The van der Waals surface area contributed by atoms with Gasteiger partial charge >= 0.3 is 0 Å². The lowest BCUT2D eigenvalue weighted by atomic mass is 10.3. The summed E-state index contributed by atoms with van der Waals surface area (Å²) >= 11 is 0. The van der Waals surface area contributed by atoms with Gasteiger partial charge in [-0.15, -0.1) is 0 Å². The van der Waals surface area contributed by atoms with Gasteiger partial charge in [0.05, 0.1) is 11.0 Å². The van der Waals surface area contributed by atoms with Crippen molar-refractivity contribution in [1.29, 1.82) is 0 Å². The molecule has 0 aliphatic rings. The Kier molecular flexibility index (Phi) is 3.64. The lowest BCUT2D eigenvalue weighted by Crippen LogP contribution is -2.28. The fourth-order valence-corrected chi connectivity index (χ4v) is 1.84. The first kappa shape index (κ1) is 11.9. The topological polar surface area (TPSA) is 41.9 Å². The van der Waals surface area contributed by atoms with Crippen LogP contribution in [0.25, 0.3) is 11.0 Å². The molecule has 4 nitrogen and oxygen atoms in total. The number of para-hydroxylation sites is 2. The van der Waals surface area contributed by atoms with Crippen LogP contribution in [0.5, 0.6) is 0 Å². The highest BCUT2D eigenvalue weighted by molar-refractivity contribution is 5.78. The summed E-state index contributed by atoms with van der Waals surface area (Å²) in [5, 5.41) is 6.72. The minimum Gasteiger partial charge on any atom is -0.354 e. The molecule has 0 aliphatic carbocycles. The van der Waals surface area contributed by atoms with Crippen LogP contribution >= 0.6 is 0 Å². The summed E-state index contributed by atoms with van der Waals surface area (Å²) in [6, 6.07) is 8.69. The summed E-state index contributed by atoms with van der Waals surface area (Å²) < 4.78 is 2.09. The molecule has 0 atom stereocenters. The van der Waals surface area contributed by atoms with Crippen LogP contribution in [0.2, 0.25) is 0 Å². The first-order valence-corrected chi connectivity index (χ1v) is 6.07. The molecule has 0 fully saturated rings. The molecule has 0 unspecified atom stereocenters. The molecule has 4 heteroatoms. The third-order valence-corrected chi connectivity index (χ3v) is 2.75. The number of aryl methyl sites for hydroxylation is 1. The Balaban J connectivity index is 2.01. The molecule has 92 valence electrons. The second kappa shape index (κ2) is 5.19. The number of hydrogen-bond acceptors (Lipinski definition) is 3. The molecule has 0 spiro atoms. The van der Waals surface area contributed by atoms with Crippen LogP contribution in [0.3, 0.4) is 0 Å². The lowest BCUT2D eigenvalue weighted by Gasteiger charge is -2.09. The maximum absolute atomic E-state index is 4.55. The third-order valence-electron chi connectivity index (χ3n) is 2.75. The van der Waals surface area contributed by atoms with Crippen molar-refractivity contribution in [3.05, 3.63) is 24.3 Å². The van der Waals surface area contributed by atoms with Gasteiger partial charge in [0.1, 0.15) is 0 Å². The van der Waals surface area contributed by atoms with E-state index in [2.05, 4.69) is 40.1 Å². The minimum absolute atomic E-state index is 0.525. The molecule has 0 saturated carbocycles. The number of imidazole rings is 1.